The second-order valence-corrected chi connectivity index (χ2v) is 6.47. The lowest BCUT2D eigenvalue weighted by Gasteiger charge is -2.37. The largest absolute Gasteiger partial charge is 0.398 e. The Hall–Kier alpha value is -2.73. The first kappa shape index (κ1) is 20.6. The van der Waals surface area contributed by atoms with Crippen LogP contribution in [-0.4, -0.2) is 65.9 Å². The highest BCUT2D eigenvalue weighted by Gasteiger charge is 2.41. The van der Waals surface area contributed by atoms with E-state index in [1.54, 1.807) is 0 Å². The minimum absolute atomic E-state index is 0.155. The number of carbonyl (C=O) groups excluding carboxylic acids is 4. The van der Waals surface area contributed by atoms with E-state index in [0.29, 0.717) is 0 Å². The molecule has 0 radical (unpaired) electrons. The fraction of sp³-hybridized carbons (Fsp3) is 0.429. The van der Waals surface area contributed by atoms with E-state index < -0.39 is 23.9 Å². The summed E-state index contributed by atoms with van der Waals surface area (Å²) in [6, 6.07) is -1.27. The molecule has 13 heteroatoms. The van der Waals surface area contributed by atoms with Crippen molar-refractivity contribution in [3.05, 3.63) is 11.1 Å². The number of anilines is 1. The number of hydrogen-bond donors (Lipinski definition) is 4. The molecule has 0 unspecified atom stereocenters. The average Bonchev–Trinajstić information content (AvgIpc) is 3.08. The van der Waals surface area contributed by atoms with Crippen molar-refractivity contribution in [1.82, 2.24) is 20.9 Å². The van der Waals surface area contributed by atoms with Crippen LogP contribution < -0.4 is 21.3 Å². The Morgan fingerprint density at radius 1 is 1.44 bits per heavy atom. The van der Waals surface area contributed by atoms with Crippen molar-refractivity contribution in [3.63, 3.8) is 0 Å². The van der Waals surface area contributed by atoms with Crippen LogP contribution in [0.1, 0.15) is 12.6 Å². The molecular weight excluding hydrogens is 400 g/mol. The van der Waals surface area contributed by atoms with Gasteiger partial charge in [0, 0.05) is 18.8 Å². The van der Waals surface area contributed by atoms with Gasteiger partial charge < -0.3 is 26.1 Å². The van der Waals surface area contributed by atoms with Crippen molar-refractivity contribution >= 4 is 57.4 Å². The number of nitrogens with zero attached hydrogens (tertiary/aromatic N) is 2. The van der Waals surface area contributed by atoms with Crippen molar-refractivity contribution in [2.45, 2.75) is 19.0 Å². The van der Waals surface area contributed by atoms with Gasteiger partial charge in [-0.05, 0) is 0 Å². The van der Waals surface area contributed by atoms with Gasteiger partial charge in [0.15, 0.2) is 10.8 Å². The molecule has 146 valence electrons. The molecule has 1 aliphatic heterocycles. The summed E-state index contributed by atoms with van der Waals surface area (Å²) in [7, 11) is 1.26. The molecule has 0 aromatic carbocycles. The maximum absolute atomic E-state index is 12.5. The zero-order chi connectivity index (χ0) is 20.0. The SMILES string of the molecule is CO/N=C(\C(=O)N[C@H]1C(=O)N[C@H]1CNC(C)=O)c1csc(NC(=O)CCl)n1. The molecule has 1 saturated heterocycles. The fourth-order valence-corrected chi connectivity index (χ4v) is 2.91. The van der Waals surface area contributed by atoms with Crippen LogP contribution in [0.25, 0.3) is 0 Å². The molecule has 0 spiro atoms. The van der Waals surface area contributed by atoms with E-state index >= 15 is 0 Å². The van der Waals surface area contributed by atoms with Crippen LogP contribution in [-0.2, 0) is 24.0 Å². The van der Waals surface area contributed by atoms with Crippen LogP contribution >= 0.6 is 22.9 Å². The van der Waals surface area contributed by atoms with Crippen molar-refractivity contribution in [2.24, 2.45) is 5.16 Å². The molecule has 1 aliphatic rings. The molecule has 11 nitrogen and oxygen atoms in total. The quantitative estimate of drug-likeness (QED) is 0.181. The highest BCUT2D eigenvalue weighted by molar-refractivity contribution is 7.14. The molecule has 2 heterocycles. The van der Waals surface area contributed by atoms with E-state index in [0.717, 1.165) is 11.3 Å². The van der Waals surface area contributed by atoms with Crippen LogP contribution in [0.15, 0.2) is 10.5 Å². The van der Waals surface area contributed by atoms with Gasteiger partial charge in [-0.25, -0.2) is 4.98 Å². The third-order valence-corrected chi connectivity index (χ3v) is 4.38. The highest BCUT2D eigenvalue weighted by Crippen LogP contribution is 2.17. The highest BCUT2D eigenvalue weighted by atomic mass is 35.5. The summed E-state index contributed by atoms with van der Waals surface area (Å²) < 4.78 is 0. The van der Waals surface area contributed by atoms with Gasteiger partial charge in [0.25, 0.3) is 5.91 Å². The van der Waals surface area contributed by atoms with Crippen molar-refractivity contribution in [2.75, 3.05) is 24.9 Å². The van der Waals surface area contributed by atoms with Gasteiger partial charge in [-0.15, -0.1) is 22.9 Å². The summed E-state index contributed by atoms with van der Waals surface area (Å²) in [5, 5.41) is 15.5. The molecule has 27 heavy (non-hydrogen) atoms. The maximum Gasteiger partial charge on any atom is 0.276 e. The Labute approximate surface area is 162 Å². The summed E-state index contributed by atoms with van der Waals surface area (Å²) in [5.41, 5.74) is -0.0135. The molecule has 1 fully saturated rings. The Morgan fingerprint density at radius 2 is 2.19 bits per heavy atom. The van der Waals surface area contributed by atoms with Crippen molar-refractivity contribution < 1.29 is 24.0 Å². The van der Waals surface area contributed by atoms with Crippen molar-refractivity contribution in [1.29, 1.82) is 0 Å². The summed E-state index contributed by atoms with van der Waals surface area (Å²) in [5.74, 6) is -2.01. The number of oxime groups is 1. The van der Waals surface area contributed by atoms with Gasteiger partial charge in [-0.1, -0.05) is 5.16 Å². The Bertz CT molecular complexity index is 782. The first-order chi connectivity index (χ1) is 12.8. The van der Waals surface area contributed by atoms with E-state index in [1.165, 1.54) is 19.4 Å². The number of amides is 4. The lowest BCUT2D eigenvalue weighted by molar-refractivity contribution is -0.135. The van der Waals surface area contributed by atoms with E-state index in [1.807, 2.05) is 0 Å². The first-order valence-electron chi connectivity index (χ1n) is 7.64. The molecule has 1 aromatic heterocycles. The number of hydrogen-bond acceptors (Lipinski definition) is 8. The number of nitrogens with one attached hydrogen (secondary N) is 4. The third-order valence-electron chi connectivity index (χ3n) is 3.38. The van der Waals surface area contributed by atoms with Gasteiger partial charge in [0.05, 0.1) is 6.04 Å². The summed E-state index contributed by atoms with van der Waals surface area (Å²) in [6.45, 7) is 1.52. The standard InChI is InChI=1S/C14H17ClN6O5S/c1-6(22)16-4-7-10(12(24)17-7)20-13(25)11(21-26-2)8-5-27-14(18-8)19-9(23)3-15/h5,7,10H,3-4H2,1-2H3,(H,16,22)(H,17,24)(H,20,25)(H,18,19,23)/b21-11-/t7-,10+/m0/s1. The molecule has 0 bridgehead atoms. The second-order valence-electron chi connectivity index (χ2n) is 5.35. The first-order valence-corrected chi connectivity index (χ1v) is 9.05. The molecular formula is C14H17ClN6O5S. The number of halogens is 1. The Kier molecular flexibility index (Phi) is 7.07. The lowest BCUT2D eigenvalue weighted by Crippen LogP contribution is -2.72. The van der Waals surface area contributed by atoms with E-state index in [4.69, 9.17) is 11.6 Å². The van der Waals surface area contributed by atoms with Crippen LogP contribution in [0, 0.1) is 0 Å². The van der Waals surface area contributed by atoms with Gasteiger partial charge in [-0.3, -0.25) is 19.2 Å². The third kappa shape index (κ3) is 5.37. The lowest BCUT2D eigenvalue weighted by atomic mass is 9.98. The molecule has 2 rings (SSSR count). The van der Waals surface area contributed by atoms with Crippen molar-refractivity contribution in [3.8, 4) is 0 Å². The number of thiazole rings is 1. The summed E-state index contributed by atoms with van der Waals surface area (Å²) in [6.07, 6.45) is 0. The number of alkyl halides is 1. The van der Waals surface area contributed by atoms with Crippen LogP contribution in [0.4, 0.5) is 5.13 Å². The van der Waals surface area contributed by atoms with Crippen LogP contribution in [0.2, 0.25) is 0 Å². The van der Waals surface area contributed by atoms with E-state index in [9.17, 15) is 19.2 Å². The normalized spacial score (nSPS) is 18.8. The smallest absolute Gasteiger partial charge is 0.276 e. The number of aromatic nitrogens is 1. The number of β-lactam (4-membered cyclic amide) rings is 1. The van der Waals surface area contributed by atoms with Gasteiger partial charge >= 0.3 is 0 Å². The second kappa shape index (κ2) is 9.28. The van der Waals surface area contributed by atoms with Gasteiger partial charge in [0.1, 0.15) is 24.7 Å². The molecule has 0 saturated carbocycles. The summed E-state index contributed by atoms with van der Waals surface area (Å²) >= 11 is 6.49. The monoisotopic (exact) mass is 416 g/mol. The van der Waals surface area contributed by atoms with E-state index in [-0.39, 0.29) is 40.8 Å². The fourth-order valence-electron chi connectivity index (χ4n) is 2.13. The summed E-state index contributed by atoms with van der Waals surface area (Å²) in [4.78, 5) is 55.3. The molecule has 4 N–H and O–H groups in total. The minimum Gasteiger partial charge on any atom is -0.398 e. The average molecular weight is 417 g/mol. The topological polar surface area (TPSA) is 151 Å². The zero-order valence-corrected chi connectivity index (χ0v) is 15.9. The van der Waals surface area contributed by atoms with Gasteiger partial charge in [-0.2, -0.15) is 0 Å². The molecule has 4 amide bonds. The molecule has 0 aliphatic carbocycles. The molecule has 2 atom stereocenters. The Morgan fingerprint density at radius 3 is 2.78 bits per heavy atom. The predicted molar refractivity (Wildman–Crippen MR) is 97.6 cm³/mol. The number of rotatable bonds is 8. The van der Waals surface area contributed by atoms with E-state index in [2.05, 4.69) is 36.2 Å². The van der Waals surface area contributed by atoms with Gasteiger partial charge in [0.2, 0.25) is 17.7 Å². The maximum atomic E-state index is 12.5. The zero-order valence-electron chi connectivity index (χ0n) is 14.4. The van der Waals surface area contributed by atoms with Crippen LogP contribution in [0.3, 0.4) is 0 Å². The molecule has 1 aromatic rings. The minimum atomic E-state index is -0.833. The Balaban J connectivity index is 2.07. The predicted octanol–water partition coefficient (Wildman–Crippen LogP) is -1.21. The number of carbonyl (C=O) groups is 4. The van der Waals surface area contributed by atoms with Crippen LogP contribution in [0.5, 0.6) is 0 Å².